The molecule has 0 amide bonds. The summed E-state index contributed by atoms with van der Waals surface area (Å²) in [7, 11) is -0.116. The molecule has 0 atom stereocenters. The molecule has 0 radical (unpaired) electrons. The normalized spacial score (nSPS) is 10.1. The number of nitroso groups, excluding NO2 is 1. The van der Waals surface area contributed by atoms with Crippen molar-refractivity contribution in [2.45, 2.75) is 0 Å². The van der Waals surface area contributed by atoms with E-state index in [1.54, 1.807) is 6.07 Å². The van der Waals surface area contributed by atoms with E-state index in [1.807, 2.05) is 18.2 Å². The summed E-state index contributed by atoms with van der Waals surface area (Å²) in [5, 5.41) is 4.09. The smallest absolute Gasteiger partial charge is 0.108 e. The maximum atomic E-state index is 10.1. The topological polar surface area (TPSA) is 29.4 Å². The van der Waals surface area contributed by atoms with Gasteiger partial charge in [0.1, 0.15) is 5.69 Å². The van der Waals surface area contributed by atoms with Gasteiger partial charge in [0, 0.05) is 0 Å². The molecule has 58 valence electrons. The van der Waals surface area contributed by atoms with Crippen LogP contribution in [-0.2, 0) is 0 Å². The van der Waals surface area contributed by atoms with Gasteiger partial charge >= 0.3 is 0 Å². The van der Waals surface area contributed by atoms with Gasteiger partial charge in [0.15, 0.2) is 0 Å². The summed E-state index contributed by atoms with van der Waals surface area (Å²) in [5.41, 5.74) is 0.527. The predicted octanol–water partition coefficient (Wildman–Crippen LogP) is 2.45. The van der Waals surface area contributed by atoms with E-state index in [0.717, 1.165) is 0 Å². The lowest BCUT2D eigenvalue weighted by molar-refractivity contribution is 1.51. The third-order valence-corrected chi connectivity index (χ3v) is 2.76. The SMILES string of the molecule is CP(C)c1cccc(N=O)c1. The van der Waals surface area contributed by atoms with E-state index in [0.29, 0.717) is 5.69 Å². The second-order valence-corrected chi connectivity index (χ2v) is 4.81. The molecule has 0 N–H and O–H groups in total. The maximum absolute atomic E-state index is 10.1. The molecule has 0 fully saturated rings. The van der Waals surface area contributed by atoms with Crippen LogP contribution in [0.15, 0.2) is 29.4 Å². The van der Waals surface area contributed by atoms with E-state index in [9.17, 15) is 4.91 Å². The van der Waals surface area contributed by atoms with Gasteiger partial charge in [-0.25, -0.2) is 0 Å². The minimum atomic E-state index is -0.116. The first kappa shape index (κ1) is 8.35. The fourth-order valence-corrected chi connectivity index (χ4v) is 1.60. The van der Waals surface area contributed by atoms with Crippen LogP contribution in [0.1, 0.15) is 0 Å². The van der Waals surface area contributed by atoms with Crippen molar-refractivity contribution in [3.8, 4) is 0 Å². The molecular formula is C8H10NOP. The second-order valence-electron chi connectivity index (χ2n) is 2.51. The molecule has 2 nitrogen and oxygen atoms in total. The van der Waals surface area contributed by atoms with Gasteiger partial charge in [-0.1, -0.05) is 20.1 Å². The zero-order valence-corrected chi connectivity index (χ0v) is 7.51. The van der Waals surface area contributed by atoms with Crippen LogP contribution >= 0.6 is 7.92 Å². The van der Waals surface area contributed by atoms with Gasteiger partial charge in [0.25, 0.3) is 0 Å². The van der Waals surface area contributed by atoms with Gasteiger partial charge in [0.05, 0.1) is 0 Å². The lowest BCUT2D eigenvalue weighted by Crippen LogP contribution is -1.96. The van der Waals surface area contributed by atoms with Gasteiger partial charge in [-0.05, 0) is 35.9 Å². The Labute approximate surface area is 67.4 Å². The van der Waals surface area contributed by atoms with Crippen molar-refractivity contribution < 1.29 is 0 Å². The minimum Gasteiger partial charge on any atom is -0.145 e. The molecule has 1 rings (SSSR count). The first-order valence-electron chi connectivity index (χ1n) is 3.35. The van der Waals surface area contributed by atoms with E-state index in [1.165, 1.54) is 5.30 Å². The Morgan fingerprint density at radius 3 is 2.64 bits per heavy atom. The molecule has 0 aliphatic heterocycles. The number of rotatable bonds is 2. The minimum absolute atomic E-state index is 0.116. The van der Waals surface area contributed by atoms with Crippen molar-refractivity contribution >= 4 is 18.9 Å². The fraction of sp³-hybridized carbons (Fsp3) is 0.250. The van der Waals surface area contributed by atoms with Gasteiger partial charge in [0.2, 0.25) is 0 Å². The summed E-state index contributed by atoms with van der Waals surface area (Å²) < 4.78 is 0. The van der Waals surface area contributed by atoms with Crippen LogP contribution in [0.2, 0.25) is 0 Å². The number of benzene rings is 1. The highest BCUT2D eigenvalue weighted by Gasteiger charge is 1.98. The van der Waals surface area contributed by atoms with Crippen molar-refractivity contribution in [1.29, 1.82) is 0 Å². The molecule has 0 spiro atoms. The molecule has 0 heterocycles. The van der Waals surface area contributed by atoms with E-state index in [-0.39, 0.29) is 7.92 Å². The molecule has 0 bridgehead atoms. The van der Waals surface area contributed by atoms with E-state index >= 15 is 0 Å². The molecule has 0 saturated heterocycles. The number of nitrogens with zero attached hydrogens (tertiary/aromatic N) is 1. The molecular weight excluding hydrogens is 157 g/mol. The molecule has 1 aromatic carbocycles. The monoisotopic (exact) mass is 167 g/mol. The van der Waals surface area contributed by atoms with Gasteiger partial charge in [-0.3, -0.25) is 0 Å². The Bertz CT molecular complexity index is 260. The van der Waals surface area contributed by atoms with E-state index in [4.69, 9.17) is 0 Å². The summed E-state index contributed by atoms with van der Waals surface area (Å²) in [4.78, 5) is 10.1. The average molecular weight is 167 g/mol. The largest absolute Gasteiger partial charge is 0.145 e. The predicted molar refractivity (Wildman–Crippen MR) is 50.3 cm³/mol. The van der Waals surface area contributed by atoms with Crippen LogP contribution in [0.4, 0.5) is 5.69 Å². The summed E-state index contributed by atoms with van der Waals surface area (Å²) in [5.74, 6) is 0. The van der Waals surface area contributed by atoms with Gasteiger partial charge < -0.3 is 0 Å². The molecule has 0 aromatic heterocycles. The number of hydrogen-bond donors (Lipinski definition) is 0. The molecule has 11 heavy (non-hydrogen) atoms. The lowest BCUT2D eigenvalue weighted by atomic mass is 10.3. The van der Waals surface area contributed by atoms with Crippen molar-refractivity contribution in [2.24, 2.45) is 5.18 Å². The zero-order chi connectivity index (χ0) is 8.27. The highest BCUT2D eigenvalue weighted by molar-refractivity contribution is 7.64. The van der Waals surface area contributed by atoms with Crippen molar-refractivity contribution in [3.05, 3.63) is 29.2 Å². The highest BCUT2D eigenvalue weighted by Crippen LogP contribution is 2.25. The average Bonchev–Trinajstić information content (AvgIpc) is 2.05. The van der Waals surface area contributed by atoms with Crippen LogP contribution in [0.5, 0.6) is 0 Å². The number of hydrogen-bond acceptors (Lipinski definition) is 2. The molecule has 0 aliphatic carbocycles. The maximum Gasteiger partial charge on any atom is 0.108 e. The van der Waals surface area contributed by atoms with Gasteiger partial charge in [-0.2, -0.15) is 0 Å². The first-order chi connectivity index (χ1) is 5.24. The summed E-state index contributed by atoms with van der Waals surface area (Å²) in [6, 6.07) is 7.46. The Hall–Kier alpha value is -0.750. The Balaban J connectivity index is 3.00. The van der Waals surface area contributed by atoms with Crippen LogP contribution < -0.4 is 5.30 Å². The van der Waals surface area contributed by atoms with Crippen molar-refractivity contribution in [3.63, 3.8) is 0 Å². The van der Waals surface area contributed by atoms with E-state index in [2.05, 4.69) is 18.5 Å². The van der Waals surface area contributed by atoms with Gasteiger partial charge in [-0.15, -0.1) is 4.91 Å². The molecule has 1 aromatic rings. The van der Waals surface area contributed by atoms with Crippen LogP contribution in [0.25, 0.3) is 0 Å². The fourth-order valence-electron chi connectivity index (χ4n) is 0.828. The molecule has 0 aliphatic rings. The third kappa shape index (κ3) is 2.09. The molecule has 3 heteroatoms. The lowest BCUT2D eigenvalue weighted by Gasteiger charge is -2.04. The van der Waals surface area contributed by atoms with Crippen LogP contribution in [0, 0.1) is 4.91 Å². The molecule has 0 saturated carbocycles. The third-order valence-electron chi connectivity index (χ3n) is 1.45. The standard InChI is InChI=1S/C8H10NOP/c1-11(2)8-5-3-4-7(6-8)9-10/h3-6H,1-2H3. The zero-order valence-electron chi connectivity index (χ0n) is 6.61. The van der Waals surface area contributed by atoms with Crippen LogP contribution in [-0.4, -0.2) is 13.3 Å². The second kappa shape index (κ2) is 3.59. The Morgan fingerprint density at radius 2 is 2.09 bits per heavy atom. The summed E-state index contributed by atoms with van der Waals surface area (Å²) in [6.07, 6.45) is 0. The van der Waals surface area contributed by atoms with E-state index < -0.39 is 0 Å². The Morgan fingerprint density at radius 1 is 1.36 bits per heavy atom. The first-order valence-corrected chi connectivity index (χ1v) is 5.58. The summed E-state index contributed by atoms with van der Waals surface area (Å²) >= 11 is 0. The van der Waals surface area contributed by atoms with Crippen molar-refractivity contribution in [1.82, 2.24) is 0 Å². The van der Waals surface area contributed by atoms with Crippen LogP contribution in [0.3, 0.4) is 0 Å². The summed E-state index contributed by atoms with van der Waals surface area (Å²) in [6.45, 7) is 4.30. The Kier molecular flexibility index (Phi) is 2.72. The highest BCUT2D eigenvalue weighted by atomic mass is 31.1. The van der Waals surface area contributed by atoms with Crippen molar-refractivity contribution in [2.75, 3.05) is 13.3 Å². The quantitative estimate of drug-likeness (QED) is 0.491. The molecule has 0 unspecified atom stereocenters.